The first-order valence-electron chi connectivity index (χ1n) is 5.01. The molecule has 0 amide bonds. The summed E-state index contributed by atoms with van der Waals surface area (Å²) in [7, 11) is 1.63. The fraction of sp³-hybridized carbons (Fsp3) is 0.250. The van der Waals surface area contributed by atoms with Crippen molar-refractivity contribution in [3.05, 3.63) is 40.8 Å². The van der Waals surface area contributed by atoms with Crippen molar-refractivity contribution < 1.29 is 4.74 Å². The van der Waals surface area contributed by atoms with E-state index in [2.05, 4.69) is 9.97 Å². The van der Waals surface area contributed by atoms with Crippen LogP contribution in [0.1, 0.15) is 11.4 Å². The molecule has 1 heterocycles. The Morgan fingerprint density at radius 1 is 1.38 bits per heavy atom. The number of imidazole rings is 1. The van der Waals surface area contributed by atoms with Crippen LogP contribution in [0.4, 0.5) is 0 Å². The number of H-pyrrole nitrogens is 1. The second-order valence-corrected chi connectivity index (χ2v) is 3.97. The second-order valence-electron chi connectivity index (χ2n) is 3.59. The summed E-state index contributed by atoms with van der Waals surface area (Å²) >= 11 is 6.11. The van der Waals surface area contributed by atoms with Crippen LogP contribution in [-0.2, 0) is 11.3 Å². The summed E-state index contributed by atoms with van der Waals surface area (Å²) in [5, 5.41) is 0.557. The number of ether oxygens (including phenoxy) is 1. The van der Waals surface area contributed by atoms with Gasteiger partial charge in [-0.3, -0.25) is 0 Å². The van der Waals surface area contributed by atoms with Crippen molar-refractivity contribution in [3.8, 4) is 11.3 Å². The zero-order valence-corrected chi connectivity index (χ0v) is 10.0. The third kappa shape index (κ3) is 2.10. The maximum atomic E-state index is 6.11. The molecular formula is C12H13ClN2O. The smallest absolute Gasteiger partial charge is 0.134 e. The van der Waals surface area contributed by atoms with Gasteiger partial charge in [-0.15, -0.1) is 0 Å². The Labute approximate surface area is 99.4 Å². The summed E-state index contributed by atoms with van der Waals surface area (Å²) in [6, 6.07) is 8.02. The molecular weight excluding hydrogens is 224 g/mol. The van der Waals surface area contributed by atoms with Gasteiger partial charge in [-0.05, 0) is 12.5 Å². The molecule has 0 saturated heterocycles. The Kier molecular flexibility index (Phi) is 3.27. The van der Waals surface area contributed by atoms with Crippen LogP contribution in [0.25, 0.3) is 11.3 Å². The average Bonchev–Trinajstić information content (AvgIpc) is 2.61. The van der Waals surface area contributed by atoms with Crippen molar-refractivity contribution >= 4 is 11.6 Å². The number of aryl methyl sites for hydroxylation is 1. The van der Waals surface area contributed by atoms with Gasteiger partial charge in [-0.1, -0.05) is 35.9 Å². The largest absolute Gasteiger partial charge is 0.377 e. The topological polar surface area (TPSA) is 37.9 Å². The van der Waals surface area contributed by atoms with Crippen LogP contribution < -0.4 is 0 Å². The highest BCUT2D eigenvalue weighted by atomic mass is 35.5. The predicted octanol–water partition coefficient (Wildman–Crippen LogP) is 3.18. The van der Waals surface area contributed by atoms with Gasteiger partial charge in [-0.2, -0.15) is 0 Å². The monoisotopic (exact) mass is 236 g/mol. The predicted molar refractivity (Wildman–Crippen MR) is 64.5 cm³/mol. The molecule has 16 heavy (non-hydrogen) atoms. The van der Waals surface area contributed by atoms with Gasteiger partial charge in [0.2, 0.25) is 0 Å². The van der Waals surface area contributed by atoms with Crippen LogP contribution in [0, 0.1) is 6.92 Å². The lowest BCUT2D eigenvalue weighted by Crippen LogP contribution is -1.89. The van der Waals surface area contributed by atoms with Crippen LogP contribution >= 0.6 is 11.6 Å². The highest BCUT2D eigenvalue weighted by molar-refractivity contribution is 6.32. The Hall–Kier alpha value is -1.32. The van der Waals surface area contributed by atoms with E-state index in [1.54, 1.807) is 7.11 Å². The quantitative estimate of drug-likeness (QED) is 0.889. The molecule has 1 aromatic carbocycles. The number of benzene rings is 1. The van der Waals surface area contributed by atoms with Crippen LogP contribution in [0.3, 0.4) is 0 Å². The molecule has 3 nitrogen and oxygen atoms in total. The van der Waals surface area contributed by atoms with Gasteiger partial charge in [0, 0.05) is 12.7 Å². The lowest BCUT2D eigenvalue weighted by atomic mass is 10.1. The molecule has 0 radical (unpaired) electrons. The van der Waals surface area contributed by atoms with E-state index in [9.17, 15) is 0 Å². The first-order chi connectivity index (χ1) is 7.72. The third-order valence-corrected chi connectivity index (χ3v) is 2.66. The third-order valence-electron chi connectivity index (χ3n) is 2.39. The molecule has 2 rings (SSSR count). The van der Waals surface area contributed by atoms with E-state index >= 15 is 0 Å². The lowest BCUT2D eigenvalue weighted by Gasteiger charge is -2.01. The van der Waals surface area contributed by atoms with Gasteiger partial charge in [0.15, 0.2) is 0 Å². The van der Waals surface area contributed by atoms with Crippen LogP contribution in [0.5, 0.6) is 0 Å². The van der Waals surface area contributed by atoms with E-state index in [4.69, 9.17) is 16.3 Å². The fourth-order valence-electron chi connectivity index (χ4n) is 1.62. The van der Waals surface area contributed by atoms with Crippen molar-refractivity contribution in [2.45, 2.75) is 13.5 Å². The number of aromatic amines is 1. The minimum Gasteiger partial charge on any atom is -0.377 e. The standard InChI is InChI=1S/C12H13ClN2O/c1-8-5-3-4-6-9(8)11-12(13)15-10(14-11)7-16-2/h3-6H,7H2,1-2H3,(H,14,15). The number of hydrogen-bond donors (Lipinski definition) is 1. The van der Waals surface area contributed by atoms with E-state index in [1.807, 2.05) is 31.2 Å². The molecule has 0 fully saturated rings. The molecule has 0 aliphatic heterocycles. The molecule has 0 saturated carbocycles. The summed E-state index contributed by atoms with van der Waals surface area (Å²) < 4.78 is 5.01. The minimum absolute atomic E-state index is 0.436. The Balaban J connectivity index is 2.44. The molecule has 0 atom stereocenters. The summed E-state index contributed by atoms with van der Waals surface area (Å²) in [5.74, 6) is 0.741. The van der Waals surface area contributed by atoms with Gasteiger partial charge >= 0.3 is 0 Å². The average molecular weight is 237 g/mol. The van der Waals surface area contributed by atoms with E-state index in [0.29, 0.717) is 11.8 Å². The molecule has 0 unspecified atom stereocenters. The number of methoxy groups -OCH3 is 1. The lowest BCUT2D eigenvalue weighted by molar-refractivity contribution is 0.178. The van der Waals surface area contributed by atoms with Gasteiger partial charge < -0.3 is 9.72 Å². The molecule has 0 aliphatic carbocycles. The van der Waals surface area contributed by atoms with Crippen molar-refractivity contribution in [2.75, 3.05) is 7.11 Å². The van der Waals surface area contributed by atoms with Crippen LogP contribution in [-0.4, -0.2) is 17.1 Å². The number of halogens is 1. The molecule has 2 aromatic rings. The number of rotatable bonds is 3. The zero-order valence-electron chi connectivity index (χ0n) is 9.25. The van der Waals surface area contributed by atoms with Crippen molar-refractivity contribution in [1.82, 2.24) is 9.97 Å². The van der Waals surface area contributed by atoms with E-state index in [-0.39, 0.29) is 0 Å². The molecule has 4 heteroatoms. The Bertz CT molecular complexity index is 494. The summed E-state index contributed by atoms with van der Waals surface area (Å²) in [6.45, 7) is 2.47. The Morgan fingerprint density at radius 3 is 2.81 bits per heavy atom. The fourth-order valence-corrected chi connectivity index (χ4v) is 1.87. The Morgan fingerprint density at radius 2 is 2.12 bits per heavy atom. The second kappa shape index (κ2) is 4.68. The SMILES string of the molecule is COCc1nc(-c2ccccc2C)c(Cl)[nH]1. The van der Waals surface area contributed by atoms with E-state index in [1.165, 1.54) is 0 Å². The minimum atomic E-state index is 0.436. The normalized spacial score (nSPS) is 10.7. The maximum absolute atomic E-state index is 6.11. The summed E-state index contributed by atoms with van der Waals surface area (Å²) in [6.07, 6.45) is 0. The van der Waals surface area contributed by atoms with Crippen molar-refractivity contribution in [1.29, 1.82) is 0 Å². The van der Waals surface area contributed by atoms with Crippen molar-refractivity contribution in [3.63, 3.8) is 0 Å². The summed E-state index contributed by atoms with van der Waals surface area (Å²) in [4.78, 5) is 7.42. The first kappa shape index (κ1) is 11.2. The molecule has 84 valence electrons. The zero-order chi connectivity index (χ0) is 11.5. The highest BCUT2D eigenvalue weighted by Gasteiger charge is 2.11. The summed E-state index contributed by atoms with van der Waals surface area (Å²) in [5.41, 5.74) is 2.98. The molecule has 1 aromatic heterocycles. The van der Waals surface area contributed by atoms with Gasteiger partial charge in [0.05, 0.1) is 0 Å². The number of aromatic nitrogens is 2. The number of nitrogens with zero attached hydrogens (tertiary/aromatic N) is 1. The van der Waals surface area contributed by atoms with E-state index < -0.39 is 0 Å². The molecule has 0 bridgehead atoms. The molecule has 0 spiro atoms. The van der Waals surface area contributed by atoms with Gasteiger partial charge in [-0.25, -0.2) is 4.98 Å². The number of nitrogens with one attached hydrogen (secondary N) is 1. The molecule has 0 aliphatic rings. The van der Waals surface area contributed by atoms with Gasteiger partial charge in [0.1, 0.15) is 23.3 Å². The van der Waals surface area contributed by atoms with Crippen molar-refractivity contribution in [2.24, 2.45) is 0 Å². The van der Waals surface area contributed by atoms with Crippen LogP contribution in [0.2, 0.25) is 5.15 Å². The highest BCUT2D eigenvalue weighted by Crippen LogP contribution is 2.28. The van der Waals surface area contributed by atoms with Crippen LogP contribution in [0.15, 0.2) is 24.3 Å². The van der Waals surface area contributed by atoms with Gasteiger partial charge in [0.25, 0.3) is 0 Å². The first-order valence-corrected chi connectivity index (χ1v) is 5.39. The molecule has 1 N–H and O–H groups in total. The number of hydrogen-bond acceptors (Lipinski definition) is 2. The van der Waals surface area contributed by atoms with E-state index in [0.717, 1.165) is 22.6 Å². The maximum Gasteiger partial charge on any atom is 0.134 e.